The van der Waals surface area contributed by atoms with Crippen LogP contribution in [0.25, 0.3) is 0 Å². The van der Waals surface area contributed by atoms with Crippen LogP contribution in [0.1, 0.15) is 48.9 Å². The van der Waals surface area contributed by atoms with E-state index in [1.54, 1.807) is 19.5 Å². The molecule has 2 saturated heterocycles. The quantitative estimate of drug-likeness (QED) is 0.789. The fourth-order valence-electron chi connectivity index (χ4n) is 4.28. The zero-order valence-corrected chi connectivity index (χ0v) is 15.0. The van der Waals surface area contributed by atoms with E-state index in [0.29, 0.717) is 31.2 Å². The van der Waals surface area contributed by atoms with Crippen molar-refractivity contribution in [3.63, 3.8) is 0 Å². The molecule has 0 N–H and O–H groups in total. The van der Waals surface area contributed by atoms with E-state index >= 15 is 0 Å². The van der Waals surface area contributed by atoms with Gasteiger partial charge in [0, 0.05) is 43.9 Å². The summed E-state index contributed by atoms with van der Waals surface area (Å²) in [5, 5.41) is 4.06. The second-order valence-electron chi connectivity index (χ2n) is 7.18. The average Bonchev–Trinajstić information content (AvgIpc) is 3.23. The third-order valence-corrected chi connectivity index (χ3v) is 5.49. The molecule has 2 bridgehead atoms. The molecule has 2 fully saturated rings. The molecule has 4 heterocycles. The fourth-order valence-corrected chi connectivity index (χ4v) is 4.28. The van der Waals surface area contributed by atoms with Gasteiger partial charge in [0.1, 0.15) is 0 Å². The average molecular weight is 356 g/mol. The first kappa shape index (κ1) is 17.1. The van der Waals surface area contributed by atoms with Crippen molar-refractivity contribution < 1.29 is 14.1 Å². The number of amides is 1. The normalized spacial score (nSPS) is 24.8. The Bertz CT molecular complexity index is 734. The molecule has 2 aliphatic heterocycles. The Hall–Kier alpha value is -2.28. The molecule has 0 aliphatic carbocycles. The van der Waals surface area contributed by atoms with Crippen LogP contribution in [0.15, 0.2) is 29.0 Å². The van der Waals surface area contributed by atoms with Crippen molar-refractivity contribution in [1.82, 2.24) is 20.0 Å². The monoisotopic (exact) mass is 356 g/mol. The molecule has 1 amide bonds. The Morgan fingerprint density at radius 2 is 2.00 bits per heavy atom. The minimum absolute atomic E-state index is 0.216. The van der Waals surface area contributed by atoms with Crippen molar-refractivity contribution in [3.05, 3.63) is 41.8 Å². The topological polar surface area (TPSA) is 81.4 Å². The first-order valence-corrected chi connectivity index (χ1v) is 9.26. The number of pyridine rings is 1. The van der Waals surface area contributed by atoms with Gasteiger partial charge in [0.15, 0.2) is 5.82 Å². The van der Waals surface area contributed by atoms with Gasteiger partial charge in [-0.25, -0.2) is 0 Å². The molecule has 7 nitrogen and oxygen atoms in total. The van der Waals surface area contributed by atoms with Crippen LogP contribution in [-0.4, -0.2) is 51.7 Å². The molecule has 3 atom stereocenters. The van der Waals surface area contributed by atoms with E-state index in [9.17, 15) is 4.79 Å². The number of ether oxygens (including phenoxy) is 1. The van der Waals surface area contributed by atoms with Crippen molar-refractivity contribution in [2.75, 3.05) is 13.7 Å². The van der Waals surface area contributed by atoms with Gasteiger partial charge >= 0.3 is 0 Å². The van der Waals surface area contributed by atoms with Gasteiger partial charge in [-0.15, -0.1) is 0 Å². The summed E-state index contributed by atoms with van der Waals surface area (Å²) < 4.78 is 10.6. The van der Waals surface area contributed by atoms with Crippen LogP contribution in [0.3, 0.4) is 0 Å². The summed E-state index contributed by atoms with van der Waals surface area (Å²) in [6, 6.07) is 4.38. The zero-order valence-electron chi connectivity index (χ0n) is 15.0. The molecule has 0 radical (unpaired) electrons. The first-order chi connectivity index (χ1) is 12.7. The van der Waals surface area contributed by atoms with Crippen molar-refractivity contribution >= 4 is 5.91 Å². The van der Waals surface area contributed by atoms with Crippen LogP contribution in [0.2, 0.25) is 0 Å². The molecule has 0 aromatic carbocycles. The number of fused-ring (bicyclic) bond motifs is 2. The highest BCUT2D eigenvalue weighted by Crippen LogP contribution is 2.42. The van der Waals surface area contributed by atoms with Crippen LogP contribution >= 0.6 is 0 Å². The van der Waals surface area contributed by atoms with E-state index in [0.717, 1.165) is 31.2 Å². The summed E-state index contributed by atoms with van der Waals surface area (Å²) in [7, 11) is 1.66. The number of carbonyl (C=O) groups excluding carboxylic acids is 1. The highest BCUT2D eigenvalue weighted by atomic mass is 16.5. The molecule has 2 aromatic rings. The molecule has 0 spiro atoms. The highest BCUT2D eigenvalue weighted by Gasteiger charge is 2.44. The van der Waals surface area contributed by atoms with Crippen molar-refractivity contribution in [2.45, 2.75) is 56.5 Å². The largest absolute Gasteiger partial charge is 0.384 e. The molecule has 2 aliphatic rings. The standard InChI is InChI=1S/C19H24N4O3/c1-25-9-6-17-21-19(26-22-17)14-11-15-2-3-16(12-14)23(15)18(24)10-13-4-7-20-8-5-13/h4-5,7-8,14-16H,2-3,6,9-12H2,1H3/t14?,15-,16+. The summed E-state index contributed by atoms with van der Waals surface area (Å²) in [4.78, 5) is 23.5. The van der Waals surface area contributed by atoms with Gasteiger partial charge in [-0.1, -0.05) is 5.16 Å². The number of rotatable bonds is 6. The van der Waals surface area contributed by atoms with Gasteiger partial charge in [-0.3, -0.25) is 9.78 Å². The molecule has 26 heavy (non-hydrogen) atoms. The summed E-state index contributed by atoms with van der Waals surface area (Å²) >= 11 is 0. The lowest BCUT2D eigenvalue weighted by Crippen LogP contribution is -2.46. The molecule has 7 heteroatoms. The van der Waals surface area contributed by atoms with Gasteiger partial charge in [-0.2, -0.15) is 4.98 Å². The second kappa shape index (κ2) is 7.53. The number of methoxy groups -OCH3 is 1. The van der Waals surface area contributed by atoms with Crippen molar-refractivity contribution in [2.24, 2.45) is 0 Å². The van der Waals surface area contributed by atoms with E-state index in [4.69, 9.17) is 9.26 Å². The minimum Gasteiger partial charge on any atom is -0.384 e. The molecule has 2 aromatic heterocycles. The summed E-state index contributed by atoms with van der Waals surface area (Å²) in [6.07, 6.45) is 8.52. The van der Waals surface area contributed by atoms with Crippen LogP contribution < -0.4 is 0 Å². The maximum absolute atomic E-state index is 12.8. The van der Waals surface area contributed by atoms with Crippen LogP contribution in [0.5, 0.6) is 0 Å². The van der Waals surface area contributed by atoms with Gasteiger partial charge in [-0.05, 0) is 43.4 Å². The Kier molecular flexibility index (Phi) is 4.97. The lowest BCUT2D eigenvalue weighted by Gasteiger charge is -2.38. The zero-order chi connectivity index (χ0) is 17.9. The molecule has 1 unspecified atom stereocenters. The minimum atomic E-state index is 0.216. The Balaban J connectivity index is 1.41. The van der Waals surface area contributed by atoms with Crippen LogP contribution in [-0.2, 0) is 22.4 Å². The van der Waals surface area contributed by atoms with Gasteiger partial charge in [0.2, 0.25) is 11.8 Å². The SMILES string of the molecule is COCCc1noc(C2C[C@H]3CC[C@@H](C2)N3C(=O)Cc2ccncc2)n1. The van der Waals surface area contributed by atoms with E-state index in [2.05, 4.69) is 20.0 Å². The second-order valence-corrected chi connectivity index (χ2v) is 7.18. The lowest BCUT2D eigenvalue weighted by molar-refractivity contribution is -0.135. The molecular formula is C19H24N4O3. The number of nitrogens with zero attached hydrogens (tertiary/aromatic N) is 4. The number of carbonyl (C=O) groups is 1. The fraction of sp³-hybridized carbons (Fsp3) is 0.579. The Labute approximate surface area is 152 Å². The lowest BCUT2D eigenvalue weighted by atomic mass is 9.90. The third kappa shape index (κ3) is 3.49. The maximum atomic E-state index is 12.8. The Morgan fingerprint density at radius 1 is 1.27 bits per heavy atom. The van der Waals surface area contributed by atoms with Crippen LogP contribution in [0.4, 0.5) is 0 Å². The first-order valence-electron chi connectivity index (χ1n) is 9.26. The predicted molar refractivity (Wildman–Crippen MR) is 93.5 cm³/mol. The summed E-state index contributed by atoms with van der Waals surface area (Å²) in [5.74, 6) is 1.88. The van der Waals surface area contributed by atoms with Crippen molar-refractivity contribution in [1.29, 1.82) is 0 Å². The molecule has 0 saturated carbocycles. The van der Waals surface area contributed by atoms with Crippen LogP contribution in [0, 0.1) is 0 Å². The van der Waals surface area contributed by atoms with E-state index < -0.39 is 0 Å². The van der Waals surface area contributed by atoms with E-state index in [1.807, 2.05) is 12.1 Å². The Morgan fingerprint density at radius 3 is 2.69 bits per heavy atom. The van der Waals surface area contributed by atoms with Crippen molar-refractivity contribution in [3.8, 4) is 0 Å². The summed E-state index contributed by atoms with van der Waals surface area (Å²) in [5.41, 5.74) is 1.02. The number of aromatic nitrogens is 3. The van der Waals surface area contributed by atoms with Gasteiger partial charge in [0.05, 0.1) is 13.0 Å². The third-order valence-electron chi connectivity index (χ3n) is 5.49. The molecular weight excluding hydrogens is 332 g/mol. The smallest absolute Gasteiger partial charge is 0.229 e. The van der Waals surface area contributed by atoms with Gasteiger partial charge < -0.3 is 14.2 Å². The van der Waals surface area contributed by atoms with E-state index in [-0.39, 0.29) is 23.9 Å². The van der Waals surface area contributed by atoms with E-state index in [1.165, 1.54) is 0 Å². The van der Waals surface area contributed by atoms with Gasteiger partial charge in [0.25, 0.3) is 0 Å². The highest BCUT2D eigenvalue weighted by molar-refractivity contribution is 5.79. The number of piperidine rings is 1. The molecule has 4 rings (SSSR count). The summed E-state index contributed by atoms with van der Waals surface area (Å²) in [6.45, 7) is 0.589. The predicted octanol–water partition coefficient (Wildman–Crippen LogP) is 2.13. The maximum Gasteiger partial charge on any atom is 0.229 e. The number of hydrogen-bond acceptors (Lipinski definition) is 6. The molecule has 138 valence electrons. The number of hydrogen-bond donors (Lipinski definition) is 0.